The van der Waals surface area contributed by atoms with Crippen LogP contribution in [0.25, 0.3) is 22.2 Å². The molecular weight excluding hydrogens is 434 g/mol. The number of para-hydroxylation sites is 1. The van der Waals surface area contributed by atoms with Crippen LogP contribution < -0.4 is 10.1 Å². The third-order valence-corrected chi connectivity index (χ3v) is 5.58. The molecule has 0 saturated heterocycles. The highest BCUT2D eigenvalue weighted by molar-refractivity contribution is 7.92. The average Bonchev–Trinajstić information content (AvgIpc) is 3.06. The molecule has 0 spiro atoms. The van der Waals surface area contributed by atoms with Gasteiger partial charge in [0, 0.05) is 58.0 Å². The second kappa shape index (κ2) is 8.20. The van der Waals surface area contributed by atoms with Gasteiger partial charge in [0.05, 0.1) is 35.4 Å². The molecule has 0 unspecified atom stereocenters. The van der Waals surface area contributed by atoms with Gasteiger partial charge in [-0.25, -0.2) is 14.2 Å². The monoisotopic (exact) mass is 455 g/mol. The number of hydrogen-bond donors (Lipinski definition) is 1. The van der Waals surface area contributed by atoms with Crippen molar-refractivity contribution in [3.05, 3.63) is 59.9 Å². The molecular formula is C22H22ClN5O2S. The Morgan fingerprint density at radius 2 is 1.97 bits per heavy atom. The summed E-state index contributed by atoms with van der Waals surface area (Å²) in [6.07, 6.45) is 6.75. The van der Waals surface area contributed by atoms with Crippen LogP contribution in [0.3, 0.4) is 0 Å². The lowest BCUT2D eigenvalue weighted by molar-refractivity contribution is 0.417. The number of rotatable bonds is 5. The van der Waals surface area contributed by atoms with Crippen LogP contribution in [-0.2, 0) is 16.8 Å². The summed E-state index contributed by atoms with van der Waals surface area (Å²) in [5.41, 5.74) is 3.89. The van der Waals surface area contributed by atoms with E-state index in [1.54, 1.807) is 44.0 Å². The zero-order valence-corrected chi connectivity index (χ0v) is 19.2. The van der Waals surface area contributed by atoms with Gasteiger partial charge in [-0.3, -0.25) is 0 Å². The molecule has 0 saturated carbocycles. The van der Waals surface area contributed by atoms with E-state index in [1.807, 2.05) is 36.0 Å². The minimum Gasteiger partial charge on any atom is -0.494 e. The highest BCUT2D eigenvalue weighted by atomic mass is 35.5. The van der Waals surface area contributed by atoms with E-state index in [4.69, 9.17) is 16.3 Å². The number of aryl methyl sites for hydroxylation is 1. The Morgan fingerprint density at radius 3 is 2.71 bits per heavy atom. The van der Waals surface area contributed by atoms with Crippen molar-refractivity contribution >= 4 is 49.6 Å². The second-order valence-electron chi connectivity index (χ2n) is 7.34. The van der Waals surface area contributed by atoms with Gasteiger partial charge in [-0.2, -0.15) is 4.36 Å². The van der Waals surface area contributed by atoms with Gasteiger partial charge >= 0.3 is 0 Å². The first-order valence-corrected chi connectivity index (χ1v) is 12.2. The second-order valence-corrected chi connectivity index (χ2v) is 10.3. The number of benzene rings is 2. The van der Waals surface area contributed by atoms with E-state index in [2.05, 4.69) is 25.7 Å². The van der Waals surface area contributed by atoms with E-state index in [9.17, 15) is 4.21 Å². The summed E-state index contributed by atoms with van der Waals surface area (Å²) in [5.74, 6) is 0.917. The predicted octanol–water partition coefficient (Wildman–Crippen LogP) is 5.40. The van der Waals surface area contributed by atoms with Gasteiger partial charge in [-0.15, -0.1) is 0 Å². The third kappa shape index (κ3) is 4.50. The summed E-state index contributed by atoms with van der Waals surface area (Å²) in [5, 5.41) is 4.70. The maximum absolute atomic E-state index is 12.0. The molecule has 160 valence electrons. The number of fused-ring (bicyclic) bond motifs is 1. The Kier molecular flexibility index (Phi) is 5.60. The van der Waals surface area contributed by atoms with Crippen molar-refractivity contribution in [3.63, 3.8) is 0 Å². The maximum Gasteiger partial charge on any atom is 0.227 e. The lowest BCUT2D eigenvalue weighted by atomic mass is 10.1. The fourth-order valence-corrected chi connectivity index (χ4v) is 4.18. The number of hydrogen-bond acceptors (Lipinski definition) is 6. The first-order valence-electron chi connectivity index (χ1n) is 9.44. The van der Waals surface area contributed by atoms with Gasteiger partial charge in [0.25, 0.3) is 0 Å². The van der Waals surface area contributed by atoms with Crippen LogP contribution in [0.4, 0.5) is 17.3 Å². The quantitative estimate of drug-likeness (QED) is 0.435. The smallest absolute Gasteiger partial charge is 0.227 e. The van der Waals surface area contributed by atoms with E-state index < -0.39 is 9.73 Å². The molecule has 4 aromatic rings. The average molecular weight is 456 g/mol. The Hall–Kier alpha value is -3.10. The van der Waals surface area contributed by atoms with E-state index in [-0.39, 0.29) is 0 Å². The number of methoxy groups -OCH3 is 1. The summed E-state index contributed by atoms with van der Waals surface area (Å²) in [6.45, 7) is 0. The van der Waals surface area contributed by atoms with E-state index >= 15 is 0 Å². The molecule has 4 rings (SSSR count). The standard InChI is InChI=1S/C22H22ClN5O2S/c1-28-13-16(15-7-5-6-8-19(15)28)21-17(23)12-24-22(26-21)25-18-10-9-14(11-20(18)30-2)27-31(3,4)29/h5-13H,1-4H3,(H,24,25,26). The predicted molar refractivity (Wildman–Crippen MR) is 127 cm³/mol. The van der Waals surface area contributed by atoms with Crippen LogP contribution >= 0.6 is 11.6 Å². The molecule has 0 atom stereocenters. The number of ether oxygens (including phenoxy) is 1. The number of halogens is 1. The highest BCUT2D eigenvalue weighted by Crippen LogP contribution is 2.35. The first-order chi connectivity index (χ1) is 14.7. The van der Waals surface area contributed by atoms with Crippen LogP contribution in [0.15, 0.2) is 59.2 Å². The summed E-state index contributed by atoms with van der Waals surface area (Å²) in [4.78, 5) is 8.98. The molecule has 0 amide bonds. The van der Waals surface area contributed by atoms with E-state index in [1.165, 1.54) is 0 Å². The van der Waals surface area contributed by atoms with Crippen molar-refractivity contribution in [2.45, 2.75) is 0 Å². The largest absolute Gasteiger partial charge is 0.494 e. The molecule has 0 radical (unpaired) electrons. The van der Waals surface area contributed by atoms with Crippen LogP contribution in [0.1, 0.15) is 0 Å². The van der Waals surface area contributed by atoms with Gasteiger partial charge in [-0.1, -0.05) is 29.8 Å². The molecule has 0 aliphatic carbocycles. The number of anilines is 2. The molecule has 0 fully saturated rings. The fraction of sp³-hybridized carbons (Fsp3) is 0.182. The Morgan fingerprint density at radius 1 is 1.19 bits per heavy atom. The van der Waals surface area contributed by atoms with Crippen molar-refractivity contribution < 1.29 is 8.95 Å². The normalized spacial score (nSPS) is 11.5. The van der Waals surface area contributed by atoms with Gasteiger partial charge in [-0.05, 0) is 18.2 Å². The Balaban J connectivity index is 1.74. The summed E-state index contributed by atoms with van der Waals surface area (Å²) >= 11 is 6.46. The third-order valence-electron chi connectivity index (χ3n) is 4.65. The van der Waals surface area contributed by atoms with E-state index in [0.29, 0.717) is 33.8 Å². The highest BCUT2D eigenvalue weighted by Gasteiger charge is 2.15. The zero-order chi connectivity index (χ0) is 22.2. The molecule has 1 N–H and O–H groups in total. The zero-order valence-electron chi connectivity index (χ0n) is 17.6. The molecule has 0 bridgehead atoms. The van der Waals surface area contributed by atoms with Crippen molar-refractivity contribution in [2.75, 3.05) is 24.9 Å². The SMILES string of the molecule is COc1cc(N=S(C)(C)=O)ccc1Nc1ncc(Cl)c(-c2cn(C)c3ccccc23)n1. The topological polar surface area (TPSA) is 81.4 Å². The van der Waals surface area contributed by atoms with Crippen molar-refractivity contribution in [3.8, 4) is 17.0 Å². The van der Waals surface area contributed by atoms with Crippen LogP contribution in [-0.4, -0.2) is 38.4 Å². The molecule has 2 aromatic carbocycles. The number of nitrogens with zero attached hydrogens (tertiary/aromatic N) is 4. The van der Waals surface area contributed by atoms with Gasteiger partial charge < -0.3 is 14.6 Å². The van der Waals surface area contributed by atoms with Crippen molar-refractivity contribution in [1.29, 1.82) is 0 Å². The van der Waals surface area contributed by atoms with Crippen LogP contribution in [0, 0.1) is 0 Å². The van der Waals surface area contributed by atoms with Crippen molar-refractivity contribution in [1.82, 2.24) is 14.5 Å². The summed E-state index contributed by atoms with van der Waals surface area (Å²) in [6, 6.07) is 13.4. The van der Waals surface area contributed by atoms with Crippen molar-refractivity contribution in [2.24, 2.45) is 11.4 Å². The Labute approximate surface area is 186 Å². The minimum absolute atomic E-state index is 0.380. The molecule has 0 aliphatic heterocycles. The minimum atomic E-state index is -2.27. The number of nitrogens with one attached hydrogen (secondary N) is 1. The molecule has 2 heterocycles. The molecule has 7 nitrogen and oxygen atoms in total. The molecule has 0 aliphatic rings. The van der Waals surface area contributed by atoms with Gasteiger partial charge in [0.1, 0.15) is 5.75 Å². The van der Waals surface area contributed by atoms with Gasteiger partial charge in [0.15, 0.2) is 0 Å². The molecule has 31 heavy (non-hydrogen) atoms. The first kappa shape index (κ1) is 21.1. The fourth-order valence-electron chi connectivity index (χ4n) is 3.36. The summed E-state index contributed by atoms with van der Waals surface area (Å²) < 4.78 is 23.7. The van der Waals surface area contributed by atoms with E-state index in [0.717, 1.165) is 16.5 Å². The maximum atomic E-state index is 12.0. The summed E-state index contributed by atoms with van der Waals surface area (Å²) in [7, 11) is 1.27. The number of aromatic nitrogens is 3. The van der Waals surface area contributed by atoms with Gasteiger partial charge in [0.2, 0.25) is 5.95 Å². The molecule has 2 aromatic heterocycles. The lowest BCUT2D eigenvalue weighted by Gasteiger charge is -2.12. The molecule has 9 heteroatoms. The van der Waals surface area contributed by atoms with Crippen LogP contribution in [0.5, 0.6) is 5.75 Å². The lowest BCUT2D eigenvalue weighted by Crippen LogP contribution is -2.00. The van der Waals surface area contributed by atoms with Crippen LogP contribution in [0.2, 0.25) is 5.02 Å². The Bertz CT molecular complexity index is 1400.